The molecule has 8 heteroatoms. The number of nitrogens with one attached hydrogen (secondary N) is 1. The summed E-state index contributed by atoms with van der Waals surface area (Å²) in [5.41, 5.74) is 4.79. The molecule has 0 saturated carbocycles. The second-order valence-electron chi connectivity index (χ2n) is 8.70. The van der Waals surface area contributed by atoms with Crippen molar-refractivity contribution in [3.63, 3.8) is 0 Å². The van der Waals surface area contributed by atoms with E-state index >= 15 is 0 Å². The maximum absolute atomic E-state index is 5.57. The van der Waals surface area contributed by atoms with E-state index in [4.69, 9.17) is 4.74 Å². The zero-order chi connectivity index (χ0) is 25.9. The Kier molecular flexibility index (Phi) is 6.46. The van der Waals surface area contributed by atoms with Gasteiger partial charge < -0.3 is 10.1 Å². The predicted octanol–water partition coefficient (Wildman–Crippen LogP) is 7.35. The van der Waals surface area contributed by atoms with Crippen LogP contribution >= 0.6 is 11.8 Å². The van der Waals surface area contributed by atoms with E-state index in [1.165, 1.54) is 5.56 Å². The van der Waals surface area contributed by atoms with Crippen LogP contribution in [-0.2, 0) is 0 Å². The number of aryl methyl sites for hydroxylation is 1. The average molecular weight is 519 g/mol. The quantitative estimate of drug-likeness (QED) is 0.167. The fourth-order valence-electron chi connectivity index (χ4n) is 4.13. The first-order chi connectivity index (χ1) is 18.7. The van der Waals surface area contributed by atoms with E-state index in [1.807, 2.05) is 36.4 Å². The normalized spacial score (nSPS) is 11.1. The van der Waals surface area contributed by atoms with Crippen LogP contribution in [0.15, 0.2) is 114 Å². The van der Waals surface area contributed by atoms with Crippen molar-refractivity contribution >= 4 is 39.7 Å². The number of hydrogen-bond acceptors (Lipinski definition) is 7. The van der Waals surface area contributed by atoms with Crippen LogP contribution in [0.1, 0.15) is 6.99 Å². The number of fused-ring (bicyclic) bond motifs is 2. The molecule has 0 unspecified atom stereocenters. The molecular weight excluding hydrogens is 492 g/mol. The SMILES string of the molecule is C=CCOc1cc2nccc(Sc3ccc(Nc4nnc(-c5ccc(C)cc5)c5ccccc45)cc3)n2n1.[HH]. The molecule has 0 fully saturated rings. The van der Waals surface area contributed by atoms with E-state index in [1.54, 1.807) is 28.6 Å². The molecule has 7 nitrogen and oxygen atoms in total. The summed E-state index contributed by atoms with van der Waals surface area (Å²) in [4.78, 5) is 5.45. The fourth-order valence-corrected chi connectivity index (χ4v) is 4.99. The van der Waals surface area contributed by atoms with Gasteiger partial charge in [-0.15, -0.1) is 15.3 Å². The van der Waals surface area contributed by atoms with E-state index in [0.717, 1.165) is 49.1 Å². The van der Waals surface area contributed by atoms with Crippen LogP contribution in [0.2, 0.25) is 0 Å². The number of ether oxygens (including phenoxy) is 1. The number of hydrogen-bond donors (Lipinski definition) is 1. The van der Waals surface area contributed by atoms with Gasteiger partial charge in [-0.25, -0.2) is 9.50 Å². The number of nitrogens with zero attached hydrogens (tertiary/aromatic N) is 5. The van der Waals surface area contributed by atoms with E-state index in [2.05, 4.69) is 87.6 Å². The minimum Gasteiger partial charge on any atom is -0.472 e. The minimum absolute atomic E-state index is 0. The summed E-state index contributed by atoms with van der Waals surface area (Å²) in [7, 11) is 0. The van der Waals surface area contributed by atoms with Gasteiger partial charge in [-0.2, -0.15) is 0 Å². The van der Waals surface area contributed by atoms with Crippen molar-refractivity contribution in [1.82, 2.24) is 24.8 Å². The highest BCUT2D eigenvalue weighted by molar-refractivity contribution is 7.99. The first-order valence-corrected chi connectivity index (χ1v) is 13.0. The fraction of sp³-hybridized carbons (Fsp3) is 0.0667. The Morgan fingerprint density at radius 1 is 0.974 bits per heavy atom. The topological polar surface area (TPSA) is 77.2 Å². The number of anilines is 2. The second kappa shape index (κ2) is 10.4. The van der Waals surface area contributed by atoms with Gasteiger partial charge in [-0.3, -0.25) is 0 Å². The van der Waals surface area contributed by atoms with Gasteiger partial charge in [0.05, 0.1) is 0 Å². The Morgan fingerprint density at radius 2 is 1.76 bits per heavy atom. The van der Waals surface area contributed by atoms with E-state index < -0.39 is 0 Å². The average Bonchev–Trinajstić information content (AvgIpc) is 3.38. The molecule has 0 spiro atoms. The zero-order valence-corrected chi connectivity index (χ0v) is 21.5. The molecule has 3 heterocycles. The van der Waals surface area contributed by atoms with Crippen LogP contribution in [-0.4, -0.2) is 31.4 Å². The molecule has 0 atom stereocenters. The molecule has 1 N–H and O–H groups in total. The maximum Gasteiger partial charge on any atom is 0.235 e. The van der Waals surface area contributed by atoms with Crippen molar-refractivity contribution in [1.29, 1.82) is 0 Å². The first-order valence-electron chi connectivity index (χ1n) is 12.1. The first kappa shape index (κ1) is 23.7. The van der Waals surface area contributed by atoms with Gasteiger partial charge >= 0.3 is 0 Å². The summed E-state index contributed by atoms with van der Waals surface area (Å²) in [6.45, 7) is 6.16. The van der Waals surface area contributed by atoms with E-state index in [0.29, 0.717) is 12.5 Å². The van der Waals surface area contributed by atoms with Crippen molar-refractivity contribution in [2.45, 2.75) is 16.8 Å². The summed E-state index contributed by atoms with van der Waals surface area (Å²) in [6, 6.07) is 28.5. The molecule has 0 saturated heterocycles. The van der Waals surface area contributed by atoms with Crippen molar-refractivity contribution in [3.05, 3.63) is 109 Å². The number of benzene rings is 3. The van der Waals surface area contributed by atoms with Crippen molar-refractivity contribution in [3.8, 4) is 17.1 Å². The van der Waals surface area contributed by atoms with Gasteiger partial charge in [0.2, 0.25) is 5.88 Å². The van der Waals surface area contributed by atoms with Gasteiger partial charge in [-0.05, 0) is 37.3 Å². The highest BCUT2D eigenvalue weighted by Gasteiger charge is 2.12. The van der Waals surface area contributed by atoms with Gasteiger partial charge in [0, 0.05) is 40.6 Å². The lowest BCUT2D eigenvalue weighted by Crippen LogP contribution is -1.99. The molecule has 0 amide bonds. The maximum atomic E-state index is 5.57. The monoisotopic (exact) mass is 518 g/mol. The molecule has 188 valence electrons. The lowest BCUT2D eigenvalue weighted by atomic mass is 10.0. The summed E-state index contributed by atoms with van der Waals surface area (Å²) < 4.78 is 7.35. The molecular formula is C30H26N6OS. The largest absolute Gasteiger partial charge is 0.472 e. The Labute approximate surface area is 225 Å². The van der Waals surface area contributed by atoms with Gasteiger partial charge in [-0.1, -0.05) is 78.5 Å². The Morgan fingerprint density at radius 3 is 2.55 bits per heavy atom. The Balaban J connectivity index is 0.00000308. The van der Waals surface area contributed by atoms with Gasteiger partial charge in [0.15, 0.2) is 11.5 Å². The molecule has 0 aliphatic rings. The van der Waals surface area contributed by atoms with Crippen LogP contribution in [0.4, 0.5) is 11.5 Å². The summed E-state index contributed by atoms with van der Waals surface area (Å²) in [5, 5.41) is 20.1. The molecule has 6 aromatic rings. The Hall–Kier alpha value is -4.69. The van der Waals surface area contributed by atoms with Gasteiger partial charge in [0.25, 0.3) is 0 Å². The molecule has 0 bridgehead atoms. The zero-order valence-electron chi connectivity index (χ0n) is 20.7. The van der Waals surface area contributed by atoms with E-state index in [-0.39, 0.29) is 1.43 Å². The highest BCUT2D eigenvalue weighted by Crippen LogP contribution is 2.33. The lowest BCUT2D eigenvalue weighted by molar-refractivity contribution is 0.346. The molecule has 0 radical (unpaired) electrons. The van der Waals surface area contributed by atoms with Crippen LogP contribution < -0.4 is 10.1 Å². The molecule has 38 heavy (non-hydrogen) atoms. The van der Waals surface area contributed by atoms with Crippen molar-refractivity contribution < 1.29 is 6.16 Å². The third-order valence-corrected chi connectivity index (χ3v) is 7.03. The van der Waals surface area contributed by atoms with Crippen LogP contribution in [0, 0.1) is 6.92 Å². The molecule has 6 rings (SSSR count). The standard InChI is InChI=1S/C30H24N6OS.H2/c1-3-18-37-27-19-26-31-17-16-28(36(26)35-27)38-23-14-12-22(13-15-23)32-30-25-7-5-4-6-24(25)29(33-34-30)21-10-8-20(2)9-11-21;/h3-17,19H,1,18H2,2H3,(H,32,34);1H. The van der Waals surface area contributed by atoms with Crippen molar-refractivity contribution in [2.24, 2.45) is 0 Å². The predicted molar refractivity (Wildman–Crippen MR) is 154 cm³/mol. The molecule has 3 aromatic carbocycles. The lowest BCUT2D eigenvalue weighted by Gasteiger charge is -2.12. The second-order valence-corrected chi connectivity index (χ2v) is 9.79. The summed E-state index contributed by atoms with van der Waals surface area (Å²) in [5.74, 6) is 1.24. The number of rotatable bonds is 8. The van der Waals surface area contributed by atoms with Crippen molar-refractivity contribution in [2.75, 3.05) is 11.9 Å². The highest BCUT2D eigenvalue weighted by atomic mass is 32.2. The smallest absolute Gasteiger partial charge is 0.235 e. The van der Waals surface area contributed by atoms with Crippen LogP contribution in [0.25, 0.3) is 27.7 Å². The van der Waals surface area contributed by atoms with Gasteiger partial charge in [0.1, 0.15) is 17.3 Å². The summed E-state index contributed by atoms with van der Waals surface area (Å²) >= 11 is 1.60. The molecule has 3 aromatic heterocycles. The third kappa shape index (κ3) is 4.81. The van der Waals surface area contributed by atoms with E-state index in [9.17, 15) is 0 Å². The number of aromatic nitrogens is 5. The van der Waals surface area contributed by atoms with Crippen LogP contribution in [0.3, 0.4) is 0 Å². The Bertz CT molecular complexity index is 1750. The molecule has 0 aliphatic heterocycles. The van der Waals surface area contributed by atoms with Crippen LogP contribution in [0.5, 0.6) is 5.88 Å². The summed E-state index contributed by atoms with van der Waals surface area (Å²) in [6.07, 6.45) is 3.46. The molecule has 0 aliphatic carbocycles. The minimum atomic E-state index is 0. The third-order valence-electron chi connectivity index (χ3n) is 6.00.